The molecular formula is C18H26N6O. The third-order valence-corrected chi connectivity index (χ3v) is 4.88. The van der Waals surface area contributed by atoms with E-state index in [0.29, 0.717) is 24.3 Å². The molecule has 2 N–H and O–H groups in total. The number of rotatable bonds is 5. The Morgan fingerprint density at radius 2 is 2.08 bits per heavy atom. The lowest BCUT2D eigenvalue weighted by Crippen LogP contribution is -2.28. The highest BCUT2D eigenvalue weighted by Crippen LogP contribution is 2.26. The van der Waals surface area contributed by atoms with Gasteiger partial charge in [0, 0.05) is 19.3 Å². The standard InChI is InChI=1S/C18H26N6O/c1-3-13-4-7-15(20-10-13)11-23(2)18(25)17-12-24(22-21-17)16-8-5-14(19)6-9-16/h4,7,10,12,14,16H,3,5-6,8-9,11,19H2,1-2H3. The SMILES string of the molecule is CCc1ccc(CN(C)C(=O)c2cn(C3CCC(N)CC3)nn2)nc1. The summed E-state index contributed by atoms with van der Waals surface area (Å²) in [6.07, 6.45) is 8.53. The molecule has 1 amide bonds. The van der Waals surface area contributed by atoms with Gasteiger partial charge in [0.2, 0.25) is 0 Å². The van der Waals surface area contributed by atoms with Crippen LogP contribution in [0.4, 0.5) is 0 Å². The zero-order valence-corrected chi connectivity index (χ0v) is 14.9. The van der Waals surface area contributed by atoms with Crippen molar-refractivity contribution < 1.29 is 4.79 Å². The summed E-state index contributed by atoms with van der Waals surface area (Å²) in [7, 11) is 1.76. The number of aromatic nitrogens is 4. The number of carbonyl (C=O) groups excluding carboxylic acids is 1. The molecule has 7 heteroatoms. The summed E-state index contributed by atoms with van der Waals surface area (Å²) in [5.74, 6) is -0.139. The molecule has 0 saturated heterocycles. The van der Waals surface area contributed by atoms with Gasteiger partial charge in [0.25, 0.3) is 5.91 Å². The van der Waals surface area contributed by atoms with E-state index in [9.17, 15) is 4.79 Å². The fourth-order valence-electron chi connectivity index (χ4n) is 3.19. The summed E-state index contributed by atoms with van der Waals surface area (Å²) in [5.41, 5.74) is 8.38. The predicted octanol–water partition coefficient (Wildman–Crippen LogP) is 1.95. The van der Waals surface area contributed by atoms with Crippen molar-refractivity contribution in [2.75, 3.05) is 7.05 Å². The lowest BCUT2D eigenvalue weighted by atomic mass is 9.92. The Morgan fingerprint density at radius 1 is 1.32 bits per heavy atom. The van der Waals surface area contributed by atoms with Gasteiger partial charge in [-0.3, -0.25) is 9.78 Å². The number of carbonyl (C=O) groups is 1. The molecule has 7 nitrogen and oxygen atoms in total. The number of pyridine rings is 1. The fourth-order valence-corrected chi connectivity index (χ4v) is 3.19. The molecule has 1 fully saturated rings. The topological polar surface area (TPSA) is 89.9 Å². The smallest absolute Gasteiger partial charge is 0.276 e. The Labute approximate surface area is 148 Å². The van der Waals surface area contributed by atoms with Crippen LogP contribution in [0.1, 0.15) is 60.4 Å². The molecule has 0 aromatic carbocycles. The van der Waals surface area contributed by atoms with Gasteiger partial charge in [-0.1, -0.05) is 18.2 Å². The Balaban J connectivity index is 1.62. The number of hydrogen-bond acceptors (Lipinski definition) is 5. The molecule has 0 aliphatic heterocycles. The van der Waals surface area contributed by atoms with E-state index in [0.717, 1.165) is 37.8 Å². The van der Waals surface area contributed by atoms with Gasteiger partial charge >= 0.3 is 0 Å². The van der Waals surface area contributed by atoms with Gasteiger partial charge < -0.3 is 10.6 Å². The monoisotopic (exact) mass is 342 g/mol. The first-order valence-electron chi connectivity index (χ1n) is 8.93. The minimum Gasteiger partial charge on any atom is -0.334 e. The van der Waals surface area contributed by atoms with Crippen molar-refractivity contribution >= 4 is 5.91 Å². The number of nitrogens with two attached hydrogens (primary N) is 1. The molecule has 0 bridgehead atoms. The molecule has 0 radical (unpaired) electrons. The highest BCUT2D eigenvalue weighted by atomic mass is 16.2. The van der Waals surface area contributed by atoms with Crippen LogP contribution >= 0.6 is 0 Å². The first-order chi connectivity index (χ1) is 12.1. The maximum absolute atomic E-state index is 12.6. The zero-order chi connectivity index (χ0) is 17.8. The second kappa shape index (κ2) is 7.74. The highest BCUT2D eigenvalue weighted by molar-refractivity contribution is 5.91. The van der Waals surface area contributed by atoms with Crippen LogP contribution in [0.2, 0.25) is 0 Å². The quantitative estimate of drug-likeness (QED) is 0.897. The highest BCUT2D eigenvalue weighted by Gasteiger charge is 2.23. The Hall–Kier alpha value is -2.28. The summed E-state index contributed by atoms with van der Waals surface area (Å²) in [4.78, 5) is 18.6. The molecular weight excluding hydrogens is 316 g/mol. The lowest BCUT2D eigenvalue weighted by Gasteiger charge is -2.25. The van der Waals surface area contributed by atoms with Crippen molar-refractivity contribution in [3.8, 4) is 0 Å². The van der Waals surface area contributed by atoms with Crippen LogP contribution in [0.3, 0.4) is 0 Å². The molecule has 0 unspecified atom stereocenters. The van der Waals surface area contributed by atoms with E-state index in [4.69, 9.17) is 5.73 Å². The van der Waals surface area contributed by atoms with Gasteiger partial charge in [0.05, 0.1) is 24.5 Å². The van der Waals surface area contributed by atoms with Crippen LogP contribution in [0, 0.1) is 0 Å². The maximum atomic E-state index is 12.6. The van der Waals surface area contributed by atoms with Crippen LogP contribution in [0.25, 0.3) is 0 Å². The van der Waals surface area contributed by atoms with E-state index in [1.54, 1.807) is 18.1 Å². The van der Waals surface area contributed by atoms with Crippen molar-refractivity contribution in [1.82, 2.24) is 24.9 Å². The summed E-state index contributed by atoms with van der Waals surface area (Å²) in [6, 6.07) is 4.59. The molecule has 1 aliphatic rings. The summed E-state index contributed by atoms with van der Waals surface area (Å²) in [6.45, 7) is 2.55. The molecule has 25 heavy (non-hydrogen) atoms. The Kier molecular flexibility index (Phi) is 5.43. The minimum absolute atomic E-state index is 0.139. The van der Waals surface area contributed by atoms with E-state index in [1.165, 1.54) is 5.56 Å². The molecule has 1 saturated carbocycles. The van der Waals surface area contributed by atoms with E-state index in [2.05, 4.69) is 22.2 Å². The largest absolute Gasteiger partial charge is 0.334 e. The third kappa shape index (κ3) is 4.22. The third-order valence-electron chi connectivity index (χ3n) is 4.88. The summed E-state index contributed by atoms with van der Waals surface area (Å²) in [5, 5.41) is 8.23. The summed E-state index contributed by atoms with van der Waals surface area (Å²) >= 11 is 0. The second-order valence-electron chi connectivity index (χ2n) is 6.82. The first-order valence-corrected chi connectivity index (χ1v) is 8.93. The normalized spacial score (nSPS) is 20.4. The van der Waals surface area contributed by atoms with Crippen LogP contribution in [-0.2, 0) is 13.0 Å². The van der Waals surface area contributed by atoms with Gasteiger partial charge in [-0.2, -0.15) is 0 Å². The van der Waals surface area contributed by atoms with Crippen molar-refractivity contribution in [2.24, 2.45) is 5.73 Å². The van der Waals surface area contributed by atoms with Gasteiger partial charge in [-0.15, -0.1) is 5.10 Å². The number of amides is 1. The first kappa shape index (κ1) is 17.5. The van der Waals surface area contributed by atoms with Crippen LogP contribution in [0.15, 0.2) is 24.5 Å². The Morgan fingerprint density at radius 3 is 2.72 bits per heavy atom. The molecule has 0 atom stereocenters. The van der Waals surface area contributed by atoms with Gasteiger partial charge in [0.1, 0.15) is 0 Å². The lowest BCUT2D eigenvalue weighted by molar-refractivity contribution is 0.0777. The number of hydrogen-bond donors (Lipinski definition) is 1. The molecule has 3 rings (SSSR count). The average molecular weight is 342 g/mol. The van der Waals surface area contributed by atoms with Crippen LogP contribution in [-0.4, -0.2) is 43.9 Å². The summed E-state index contributed by atoms with van der Waals surface area (Å²) < 4.78 is 1.82. The minimum atomic E-state index is -0.139. The van der Waals surface area contributed by atoms with Crippen molar-refractivity contribution in [2.45, 2.75) is 57.7 Å². The fraction of sp³-hybridized carbons (Fsp3) is 0.556. The Bertz CT molecular complexity index is 703. The van der Waals surface area contributed by atoms with Crippen LogP contribution < -0.4 is 5.73 Å². The molecule has 2 heterocycles. The zero-order valence-electron chi connectivity index (χ0n) is 14.9. The van der Waals surface area contributed by atoms with E-state index in [-0.39, 0.29) is 5.91 Å². The van der Waals surface area contributed by atoms with Crippen LogP contribution in [0.5, 0.6) is 0 Å². The van der Waals surface area contributed by atoms with E-state index < -0.39 is 0 Å². The molecule has 1 aliphatic carbocycles. The van der Waals surface area contributed by atoms with E-state index >= 15 is 0 Å². The van der Waals surface area contributed by atoms with Crippen molar-refractivity contribution in [1.29, 1.82) is 0 Å². The van der Waals surface area contributed by atoms with E-state index in [1.807, 2.05) is 23.0 Å². The average Bonchev–Trinajstić information content (AvgIpc) is 3.12. The van der Waals surface area contributed by atoms with Crippen molar-refractivity contribution in [3.63, 3.8) is 0 Å². The maximum Gasteiger partial charge on any atom is 0.276 e. The van der Waals surface area contributed by atoms with Gasteiger partial charge in [0.15, 0.2) is 5.69 Å². The molecule has 2 aromatic heterocycles. The van der Waals surface area contributed by atoms with Gasteiger partial charge in [-0.25, -0.2) is 4.68 Å². The predicted molar refractivity (Wildman–Crippen MR) is 94.9 cm³/mol. The number of aryl methyl sites for hydroxylation is 1. The number of nitrogens with zero attached hydrogens (tertiary/aromatic N) is 5. The van der Waals surface area contributed by atoms with Gasteiger partial charge in [-0.05, 0) is 43.7 Å². The molecule has 134 valence electrons. The molecule has 0 spiro atoms. The molecule has 2 aromatic rings. The second-order valence-corrected chi connectivity index (χ2v) is 6.82. The van der Waals surface area contributed by atoms with Crippen molar-refractivity contribution in [3.05, 3.63) is 41.5 Å².